The summed E-state index contributed by atoms with van der Waals surface area (Å²) in [7, 11) is 0. The molecule has 168 valence electrons. The van der Waals surface area contributed by atoms with Crippen molar-refractivity contribution in [3.8, 4) is 0 Å². The third kappa shape index (κ3) is 9.67. The predicted molar refractivity (Wildman–Crippen MR) is 112 cm³/mol. The molecule has 8 N–H and O–H groups in total. The number of carbonyl (C=O) groups is 4. The van der Waals surface area contributed by atoms with Gasteiger partial charge in [-0.05, 0) is 32.3 Å². The van der Waals surface area contributed by atoms with Crippen molar-refractivity contribution in [3.63, 3.8) is 0 Å². The van der Waals surface area contributed by atoms with Gasteiger partial charge in [-0.1, -0.05) is 0 Å². The van der Waals surface area contributed by atoms with Gasteiger partial charge in [0.2, 0.25) is 17.7 Å². The van der Waals surface area contributed by atoms with Gasteiger partial charge in [0.05, 0.1) is 18.2 Å². The summed E-state index contributed by atoms with van der Waals surface area (Å²) in [5.41, 5.74) is 5.75. The summed E-state index contributed by atoms with van der Waals surface area (Å²) in [6.45, 7) is 2.39. The smallest absolute Gasteiger partial charge is 0.328 e. The molecule has 0 radical (unpaired) electrons. The van der Waals surface area contributed by atoms with E-state index in [-0.39, 0.29) is 5.75 Å². The van der Waals surface area contributed by atoms with Gasteiger partial charge in [-0.3, -0.25) is 14.4 Å². The molecule has 0 saturated heterocycles. The van der Waals surface area contributed by atoms with Gasteiger partial charge in [0.15, 0.2) is 6.04 Å². The van der Waals surface area contributed by atoms with Crippen LogP contribution in [0.4, 0.5) is 0 Å². The van der Waals surface area contributed by atoms with Gasteiger partial charge in [-0.15, -0.1) is 0 Å². The number of nitrogens with two attached hydrogens (primary N) is 1. The van der Waals surface area contributed by atoms with E-state index in [2.05, 4.69) is 23.3 Å². The highest BCUT2D eigenvalue weighted by Gasteiger charge is 2.33. The van der Waals surface area contributed by atoms with Crippen molar-refractivity contribution in [2.45, 2.75) is 56.6 Å². The molecule has 29 heavy (non-hydrogen) atoms. The van der Waals surface area contributed by atoms with Gasteiger partial charge < -0.3 is 37.0 Å². The van der Waals surface area contributed by atoms with Crippen LogP contribution in [0.15, 0.2) is 0 Å². The first-order valence-corrected chi connectivity index (χ1v) is 10.8. The molecular formula is C16H30N4O7S2. The van der Waals surface area contributed by atoms with Gasteiger partial charge in [0.25, 0.3) is 0 Å². The monoisotopic (exact) mass is 454 g/mol. The highest BCUT2D eigenvalue weighted by atomic mass is 32.2. The Balaban J connectivity index is 5.11. The number of carboxylic acids is 1. The van der Waals surface area contributed by atoms with Crippen molar-refractivity contribution in [1.82, 2.24) is 16.0 Å². The van der Waals surface area contributed by atoms with Crippen LogP contribution in [0, 0.1) is 0 Å². The average molecular weight is 455 g/mol. The van der Waals surface area contributed by atoms with Crippen LogP contribution in [0.5, 0.6) is 0 Å². The number of hydrogen-bond donors (Lipinski definition) is 8. The van der Waals surface area contributed by atoms with Gasteiger partial charge in [-0.2, -0.15) is 24.4 Å². The van der Waals surface area contributed by atoms with Crippen molar-refractivity contribution in [2.24, 2.45) is 5.73 Å². The van der Waals surface area contributed by atoms with Crippen molar-refractivity contribution < 1.29 is 34.5 Å². The minimum Gasteiger partial charge on any atom is -0.480 e. The van der Waals surface area contributed by atoms with Gasteiger partial charge >= 0.3 is 5.97 Å². The highest BCUT2D eigenvalue weighted by molar-refractivity contribution is 7.98. The number of rotatable bonds is 13. The third-order valence-electron chi connectivity index (χ3n) is 3.89. The average Bonchev–Trinajstić information content (AvgIpc) is 2.64. The lowest BCUT2D eigenvalue weighted by Gasteiger charge is -2.26. The fraction of sp³-hybridized carbons (Fsp3) is 0.750. The van der Waals surface area contributed by atoms with Crippen molar-refractivity contribution >= 4 is 48.1 Å². The second-order valence-corrected chi connectivity index (χ2v) is 7.77. The van der Waals surface area contributed by atoms with Gasteiger partial charge in [-0.25, -0.2) is 4.79 Å². The molecule has 13 heteroatoms. The van der Waals surface area contributed by atoms with Crippen LogP contribution < -0.4 is 21.7 Å². The number of amides is 3. The molecule has 11 nitrogen and oxygen atoms in total. The lowest BCUT2D eigenvalue weighted by molar-refractivity contribution is -0.146. The van der Waals surface area contributed by atoms with Gasteiger partial charge in [0.1, 0.15) is 12.1 Å². The van der Waals surface area contributed by atoms with Crippen LogP contribution >= 0.6 is 24.4 Å². The largest absolute Gasteiger partial charge is 0.480 e. The summed E-state index contributed by atoms with van der Waals surface area (Å²) in [4.78, 5) is 48.0. The molecule has 3 amide bonds. The number of carboxylic acid groups (broad SMARTS) is 1. The van der Waals surface area contributed by atoms with Crippen LogP contribution in [-0.4, -0.2) is 93.1 Å². The quantitative estimate of drug-likeness (QED) is 0.137. The molecule has 0 fully saturated rings. The SMILES string of the molecule is CSCCC(N)C(=O)NC(CS)C(=O)NC(C(=O)NC(C(=O)O)C(C)O)C(C)O. The molecule has 0 spiro atoms. The number of nitrogens with one attached hydrogen (secondary N) is 3. The zero-order valence-electron chi connectivity index (χ0n) is 16.5. The first kappa shape index (κ1) is 27.5. The van der Waals surface area contributed by atoms with Crippen LogP contribution in [0.3, 0.4) is 0 Å². The number of hydrogen-bond acceptors (Lipinski definition) is 9. The third-order valence-corrected chi connectivity index (χ3v) is 4.90. The Hall–Kier alpha value is -1.54. The lowest BCUT2D eigenvalue weighted by Crippen LogP contribution is -2.61. The van der Waals surface area contributed by atoms with E-state index >= 15 is 0 Å². The summed E-state index contributed by atoms with van der Waals surface area (Å²) in [5.74, 6) is -3.31. The Kier molecular flexibility index (Phi) is 12.9. The highest BCUT2D eigenvalue weighted by Crippen LogP contribution is 2.02. The molecule has 0 aliphatic carbocycles. The van der Waals surface area contributed by atoms with E-state index in [1.807, 2.05) is 11.6 Å². The summed E-state index contributed by atoms with van der Waals surface area (Å²) in [6.07, 6.45) is -0.526. The Morgan fingerprint density at radius 1 is 0.966 bits per heavy atom. The van der Waals surface area contributed by atoms with E-state index in [1.54, 1.807) is 0 Å². The van der Waals surface area contributed by atoms with Crippen LogP contribution in [0.1, 0.15) is 20.3 Å². The van der Waals surface area contributed by atoms with E-state index in [0.29, 0.717) is 12.2 Å². The molecule has 0 rings (SSSR count). The molecule has 0 aromatic heterocycles. The topological polar surface area (TPSA) is 191 Å². The number of aliphatic hydroxyl groups is 2. The number of aliphatic hydroxyl groups excluding tert-OH is 2. The summed E-state index contributed by atoms with van der Waals surface area (Å²) < 4.78 is 0. The first-order chi connectivity index (χ1) is 13.5. The van der Waals surface area contributed by atoms with Crippen LogP contribution in [0.2, 0.25) is 0 Å². The van der Waals surface area contributed by atoms with Crippen LogP contribution in [-0.2, 0) is 19.2 Å². The zero-order chi connectivity index (χ0) is 22.7. The Bertz CT molecular complexity index is 577. The fourth-order valence-electron chi connectivity index (χ4n) is 2.14. The Morgan fingerprint density at radius 3 is 1.90 bits per heavy atom. The van der Waals surface area contributed by atoms with Crippen molar-refractivity contribution in [3.05, 3.63) is 0 Å². The van der Waals surface area contributed by atoms with Gasteiger partial charge in [0, 0.05) is 5.75 Å². The maximum atomic E-state index is 12.4. The van der Waals surface area contributed by atoms with E-state index < -0.39 is 60.1 Å². The molecule has 6 atom stereocenters. The minimum absolute atomic E-state index is 0.105. The van der Waals surface area contributed by atoms with E-state index in [4.69, 9.17) is 10.8 Å². The standard InChI is InChI=1S/C16H30N4O7S2/c1-7(21)11(15(25)20-12(8(2)22)16(26)27)19-14(24)10(6-28)18-13(23)9(17)4-5-29-3/h7-12,21-22,28H,4-6,17H2,1-3H3,(H,18,23)(H,19,24)(H,20,25)(H,26,27). The van der Waals surface area contributed by atoms with E-state index in [1.165, 1.54) is 25.6 Å². The molecule has 0 aromatic carbocycles. The van der Waals surface area contributed by atoms with E-state index in [0.717, 1.165) is 0 Å². The molecule has 0 aliphatic heterocycles. The zero-order valence-corrected chi connectivity index (χ0v) is 18.2. The minimum atomic E-state index is -1.63. The lowest BCUT2D eigenvalue weighted by atomic mass is 10.1. The van der Waals surface area contributed by atoms with Crippen molar-refractivity contribution in [2.75, 3.05) is 17.8 Å². The Labute approximate surface area is 179 Å². The van der Waals surface area contributed by atoms with Crippen molar-refractivity contribution in [1.29, 1.82) is 0 Å². The Morgan fingerprint density at radius 2 is 1.48 bits per heavy atom. The molecule has 0 aromatic rings. The fourth-order valence-corrected chi connectivity index (χ4v) is 2.89. The number of thioether (sulfide) groups is 1. The molecule has 0 saturated carbocycles. The normalized spacial score (nSPS) is 17.2. The maximum Gasteiger partial charge on any atom is 0.328 e. The second-order valence-electron chi connectivity index (χ2n) is 6.42. The molecule has 0 heterocycles. The molecule has 6 unspecified atom stereocenters. The number of thiol groups is 1. The molecule has 0 aliphatic rings. The maximum absolute atomic E-state index is 12.4. The first-order valence-electron chi connectivity index (χ1n) is 8.81. The number of aliphatic carboxylic acids is 1. The molecular weight excluding hydrogens is 424 g/mol. The number of carbonyl (C=O) groups excluding carboxylic acids is 3. The summed E-state index contributed by atoms with van der Waals surface area (Å²) in [6, 6.07) is -5.11. The summed E-state index contributed by atoms with van der Waals surface area (Å²) >= 11 is 5.53. The second kappa shape index (κ2) is 13.6. The van der Waals surface area contributed by atoms with E-state index in [9.17, 15) is 29.4 Å². The molecule has 0 bridgehead atoms. The summed E-state index contributed by atoms with van der Waals surface area (Å²) in [5, 5.41) is 35.1. The predicted octanol–water partition coefficient (Wildman–Crippen LogP) is -2.70. The van der Waals surface area contributed by atoms with Crippen LogP contribution in [0.25, 0.3) is 0 Å².